The second kappa shape index (κ2) is 18.1. The van der Waals surface area contributed by atoms with Crippen molar-refractivity contribution in [2.75, 3.05) is 0 Å². The van der Waals surface area contributed by atoms with Gasteiger partial charge in [-0.2, -0.15) is 0 Å². The second-order valence-corrected chi connectivity index (χ2v) is 2.75. The lowest BCUT2D eigenvalue weighted by atomic mass is 10.1. The minimum Gasteiger partial charge on any atom is -0.326 e. The first-order chi connectivity index (χ1) is 8.77. The maximum atomic E-state index is 11.1. The van der Waals surface area contributed by atoms with E-state index in [4.69, 9.17) is 0 Å². The number of hydrogen-bond donors (Lipinski definition) is 1. The summed E-state index contributed by atoms with van der Waals surface area (Å²) in [4.78, 5) is 11.1. The fourth-order valence-corrected chi connectivity index (χ4v) is 1.26. The standard InChI is InChI=1S/C10H13NO.3C2H6/c1-3-8-6-5-7-10(12)11-9(8)4-2;3*1-2/h3-4H,1-2,5-7H2,(H,11,12);3*1-2H3. The van der Waals surface area contributed by atoms with E-state index in [1.165, 1.54) is 0 Å². The van der Waals surface area contributed by atoms with Crippen molar-refractivity contribution in [3.05, 3.63) is 36.6 Å². The zero-order chi connectivity index (χ0) is 15.0. The number of rotatable bonds is 2. The lowest BCUT2D eigenvalue weighted by molar-refractivity contribution is -0.120. The number of nitrogens with one attached hydrogen (secondary N) is 1. The van der Waals surface area contributed by atoms with Gasteiger partial charge in [-0.3, -0.25) is 4.79 Å². The monoisotopic (exact) mass is 253 g/mol. The summed E-state index contributed by atoms with van der Waals surface area (Å²) in [6, 6.07) is 0. The van der Waals surface area contributed by atoms with Gasteiger partial charge in [0.25, 0.3) is 0 Å². The third-order valence-corrected chi connectivity index (χ3v) is 1.92. The highest BCUT2D eigenvalue weighted by Gasteiger charge is 2.10. The molecule has 0 aromatic heterocycles. The summed E-state index contributed by atoms with van der Waals surface area (Å²) in [5.74, 6) is 0.0711. The Morgan fingerprint density at radius 1 is 0.944 bits per heavy atom. The molecule has 0 saturated carbocycles. The Morgan fingerprint density at radius 3 is 1.83 bits per heavy atom. The molecule has 1 heterocycles. The van der Waals surface area contributed by atoms with Crippen molar-refractivity contribution in [1.29, 1.82) is 0 Å². The highest BCUT2D eigenvalue weighted by molar-refractivity contribution is 5.79. The van der Waals surface area contributed by atoms with Crippen LogP contribution in [0.25, 0.3) is 0 Å². The summed E-state index contributed by atoms with van der Waals surface area (Å²) in [7, 11) is 0. The average Bonchev–Trinajstić information content (AvgIpc) is 2.66. The van der Waals surface area contributed by atoms with E-state index >= 15 is 0 Å². The van der Waals surface area contributed by atoms with Crippen molar-refractivity contribution in [2.24, 2.45) is 0 Å². The van der Waals surface area contributed by atoms with Crippen LogP contribution in [0.15, 0.2) is 36.6 Å². The molecule has 0 unspecified atom stereocenters. The van der Waals surface area contributed by atoms with Gasteiger partial charge < -0.3 is 5.32 Å². The van der Waals surface area contributed by atoms with Gasteiger partial charge in [0.1, 0.15) is 0 Å². The van der Waals surface area contributed by atoms with Gasteiger partial charge in [-0.25, -0.2) is 0 Å². The Labute approximate surface area is 114 Å². The van der Waals surface area contributed by atoms with Gasteiger partial charge >= 0.3 is 0 Å². The van der Waals surface area contributed by atoms with E-state index < -0.39 is 0 Å². The first kappa shape index (κ1) is 21.9. The quantitative estimate of drug-likeness (QED) is 0.738. The molecule has 0 atom stereocenters. The van der Waals surface area contributed by atoms with E-state index in [2.05, 4.69) is 18.5 Å². The number of carbonyl (C=O) groups excluding carboxylic acids is 1. The van der Waals surface area contributed by atoms with Crippen LogP contribution in [0.3, 0.4) is 0 Å². The molecule has 0 fully saturated rings. The Kier molecular flexibility index (Phi) is 22.0. The molecule has 2 nitrogen and oxygen atoms in total. The van der Waals surface area contributed by atoms with E-state index in [0.29, 0.717) is 6.42 Å². The van der Waals surface area contributed by atoms with Crippen LogP contribution in [0.5, 0.6) is 0 Å². The molecular weight excluding hydrogens is 222 g/mol. The van der Waals surface area contributed by atoms with E-state index in [0.717, 1.165) is 24.1 Å². The molecule has 106 valence electrons. The molecule has 18 heavy (non-hydrogen) atoms. The fourth-order valence-electron chi connectivity index (χ4n) is 1.26. The van der Waals surface area contributed by atoms with E-state index in [9.17, 15) is 4.79 Å². The third-order valence-electron chi connectivity index (χ3n) is 1.92. The summed E-state index contributed by atoms with van der Waals surface area (Å²) in [6.07, 6.45) is 5.84. The first-order valence-corrected chi connectivity index (χ1v) is 7.06. The molecule has 0 saturated heterocycles. The van der Waals surface area contributed by atoms with Crippen LogP contribution in [-0.2, 0) is 4.79 Å². The molecule has 0 radical (unpaired) electrons. The average molecular weight is 253 g/mol. The highest BCUT2D eigenvalue weighted by atomic mass is 16.1. The number of amides is 1. The molecule has 1 rings (SSSR count). The molecule has 0 spiro atoms. The minimum absolute atomic E-state index is 0.0711. The van der Waals surface area contributed by atoms with E-state index in [-0.39, 0.29) is 5.91 Å². The van der Waals surface area contributed by atoms with Gasteiger partial charge in [-0.15, -0.1) is 0 Å². The maximum Gasteiger partial charge on any atom is 0.224 e. The van der Waals surface area contributed by atoms with Crippen molar-refractivity contribution < 1.29 is 4.79 Å². The van der Waals surface area contributed by atoms with E-state index in [1.807, 2.05) is 41.5 Å². The molecule has 0 aliphatic carbocycles. The largest absolute Gasteiger partial charge is 0.326 e. The van der Waals surface area contributed by atoms with Crippen LogP contribution in [0.2, 0.25) is 0 Å². The SMILES string of the molecule is C=CC1=C(C=C)NC(=O)CCC1.CC.CC.CC. The topological polar surface area (TPSA) is 29.1 Å². The van der Waals surface area contributed by atoms with Gasteiger partial charge in [-0.05, 0) is 24.5 Å². The summed E-state index contributed by atoms with van der Waals surface area (Å²) >= 11 is 0. The summed E-state index contributed by atoms with van der Waals surface area (Å²) in [5, 5.41) is 2.78. The van der Waals surface area contributed by atoms with Crippen LogP contribution in [0.1, 0.15) is 60.8 Å². The molecule has 1 aliphatic heterocycles. The van der Waals surface area contributed by atoms with Crippen molar-refractivity contribution in [2.45, 2.75) is 60.8 Å². The van der Waals surface area contributed by atoms with Gasteiger partial charge in [0, 0.05) is 12.1 Å². The lowest BCUT2D eigenvalue weighted by Crippen LogP contribution is -2.20. The van der Waals surface area contributed by atoms with Crippen molar-refractivity contribution in [3.63, 3.8) is 0 Å². The lowest BCUT2D eigenvalue weighted by Gasteiger charge is -2.04. The molecular formula is C16H31NO. The van der Waals surface area contributed by atoms with Crippen molar-refractivity contribution >= 4 is 5.91 Å². The zero-order valence-corrected chi connectivity index (χ0v) is 13.1. The Morgan fingerprint density at radius 2 is 1.44 bits per heavy atom. The van der Waals surface area contributed by atoms with Crippen LogP contribution in [-0.4, -0.2) is 5.91 Å². The van der Waals surface area contributed by atoms with Gasteiger partial charge in [0.15, 0.2) is 0 Å². The molecule has 2 heteroatoms. The highest BCUT2D eigenvalue weighted by Crippen LogP contribution is 2.16. The van der Waals surface area contributed by atoms with Gasteiger partial charge in [0.2, 0.25) is 5.91 Å². The normalized spacial score (nSPS) is 13.1. The summed E-state index contributed by atoms with van der Waals surface area (Å²) < 4.78 is 0. The smallest absolute Gasteiger partial charge is 0.224 e. The summed E-state index contributed by atoms with van der Waals surface area (Å²) in [5.41, 5.74) is 1.89. The summed E-state index contributed by atoms with van der Waals surface area (Å²) in [6.45, 7) is 19.3. The zero-order valence-electron chi connectivity index (χ0n) is 13.1. The molecule has 0 aromatic rings. The van der Waals surface area contributed by atoms with Crippen LogP contribution in [0, 0.1) is 0 Å². The minimum atomic E-state index is 0.0711. The Bertz CT molecular complexity index is 252. The Hall–Kier alpha value is -1.31. The van der Waals surface area contributed by atoms with Crippen molar-refractivity contribution in [1.82, 2.24) is 5.32 Å². The molecule has 1 amide bonds. The molecule has 0 bridgehead atoms. The van der Waals surface area contributed by atoms with Gasteiger partial charge in [-0.1, -0.05) is 60.8 Å². The van der Waals surface area contributed by atoms with E-state index in [1.54, 1.807) is 12.2 Å². The predicted octanol–water partition coefficient (Wildman–Crippen LogP) is 4.99. The van der Waals surface area contributed by atoms with Gasteiger partial charge in [0.05, 0.1) is 0 Å². The molecule has 1 N–H and O–H groups in total. The fraction of sp³-hybridized carbons (Fsp3) is 0.562. The van der Waals surface area contributed by atoms with Crippen LogP contribution >= 0.6 is 0 Å². The maximum absolute atomic E-state index is 11.1. The third kappa shape index (κ3) is 9.88. The van der Waals surface area contributed by atoms with Crippen LogP contribution < -0.4 is 5.32 Å². The van der Waals surface area contributed by atoms with Crippen molar-refractivity contribution in [3.8, 4) is 0 Å². The Balaban J connectivity index is -0.000000328. The first-order valence-electron chi connectivity index (χ1n) is 7.06. The van der Waals surface area contributed by atoms with Crippen LogP contribution in [0.4, 0.5) is 0 Å². The number of hydrogen-bond acceptors (Lipinski definition) is 1. The predicted molar refractivity (Wildman–Crippen MR) is 83.5 cm³/mol. The molecule has 0 aromatic carbocycles. The second-order valence-electron chi connectivity index (χ2n) is 2.75. The molecule has 1 aliphatic rings. The number of allylic oxidation sites excluding steroid dienone is 3. The number of carbonyl (C=O) groups is 1.